The van der Waals surface area contributed by atoms with Crippen LogP contribution in [0.5, 0.6) is 5.75 Å². The standard InChI is InChI=1S/C21H17ClN4O3/c1-11-3-8-16(12(2)9-11)24-20(28)17-18(27)15-10-23-26(19(15)25-21(17)29)14-6-4-13(22)5-7-14/h3-10H,1-2H3,(H,24,28)(H2,25,27,29). The predicted octanol–water partition coefficient (Wildman–Crippen LogP) is 3.94. The number of carbonyl (C=O) groups is 1. The topological polar surface area (TPSA) is 100 Å². The largest absolute Gasteiger partial charge is 0.506 e. The Morgan fingerprint density at radius 3 is 2.59 bits per heavy atom. The lowest BCUT2D eigenvalue weighted by Gasteiger charge is -2.10. The number of aryl methyl sites for hydroxylation is 2. The Hall–Kier alpha value is -3.58. The number of aromatic hydroxyl groups is 1. The van der Waals surface area contributed by atoms with E-state index < -0.39 is 17.2 Å². The first-order valence-electron chi connectivity index (χ1n) is 8.82. The molecule has 2 aromatic heterocycles. The number of amides is 1. The summed E-state index contributed by atoms with van der Waals surface area (Å²) in [6, 6.07) is 12.4. The molecule has 3 N–H and O–H groups in total. The zero-order chi connectivity index (χ0) is 20.7. The molecule has 0 bridgehead atoms. The van der Waals surface area contributed by atoms with Crippen LogP contribution < -0.4 is 10.9 Å². The number of hydrogen-bond donors (Lipinski definition) is 3. The zero-order valence-electron chi connectivity index (χ0n) is 15.7. The van der Waals surface area contributed by atoms with Crippen molar-refractivity contribution >= 4 is 34.2 Å². The molecule has 0 atom stereocenters. The van der Waals surface area contributed by atoms with Gasteiger partial charge in [-0.15, -0.1) is 0 Å². The van der Waals surface area contributed by atoms with Crippen molar-refractivity contribution in [3.05, 3.63) is 80.7 Å². The fourth-order valence-electron chi connectivity index (χ4n) is 3.18. The van der Waals surface area contributed by atoms with Crippen molar-refractivity contribution in [3.63, 3.8) is 0 Å². The van der Waals surface area contributed by atoms with Crippen LogP contribution in [0, 0.1) is 13.8 Å². The Labute approximate surface area is 170 Å². The van der Waals surface area contributed by atoms with E-state index in [1.54, 1.807) is 30.3 Å². The molecule has 2 aromatic carbocycles. The van der Waals surface area contributed by atoms with Gasteiger partial charge in [-0.1, -0.05) is 29.3 Å². The number of anilines is 1. The van der Waals surface area contributed by atoms with Gasteiger partial charge in [0.1, 0.15) is 17.0 Å². The molecule has 0 unspecified atom stereocenters. The minimum atomic E-state index is -0.715. The maximum Gasteiger partial charge on any atom is 0.266 e. The first-order chi connectivity index (χ1) is 13.8. The van der Waals surface area contributed by atoms with E-state index in [9.17, 15) is 14.7 Å². The van der Waals surface area contributed by atoms with Crippen molar-refractivity contribution in [3.8, 4) is 11.4 Å². The van der Waals surface area contributed by atoms with Crippen molar-refractivity contribution in [1.82, 2.24) is 14.8 Å². The quantitative estimate of drug-likeness (QED) is 0.478. The molecular weight excluding hydrogens is 392 g/mol. The highest BCUT2D eigenvalue weighted by Crippen LogP contribution is 2.27. The number of nitrogens with zero attached hydrogens (tertiary/aromatic N) is 2. The molecule has 1 amide bonds. The first-order valence-corrected chi connectivity index (χ1v) is 9.20. The Bertz CT molecular complexity index is 1310. The number of carbonyl (C=O) groups excluding carboxylic acids is 1. The van der Waals surface area contributed by atoms with Crippen LogP contribution in [-0.4, -0.2) is 25.8 Å². The number of H-pyrrole nitrogens is 1. The van der Waals surface area contributed by atoms with E-state index in [0.29, 0.717) is 16.4 Å². The lowest BCUT2D eigenvalue weighted by atomic mass is 10.1. The normalized spacial score (nSPS) is 11.0. The lowest BCUT2D eigenvalue weighted by molar-refractivity contribution is 0.102. The number of aromatic amines is 1. The van der Waals surface area contributed by atoms with E-state index in [4.69, 9.17) is 11.6 Å². The minimum absolute atomic E-state index is 0.255. The molecule has 4 aromatic rings. The summed E-state index contributed by atoms with van der Waals surface area (Å²) in [4.78, 5) is 28.0. The van der Waals surface area contributed by atoms with Gasteiger partial charge in [0.25, 0.3) is 11.5 Å². The molecule has 0 radical (unpaired) electrons. The SMILES string of the molecule is Cc1ccc(NC(=O)c2c(O)c3cnn(-c4ccc(Cl)cc4)c3[nH]c2=O)c(C)c1. The number of nitrogens with one attached hydrogen (secondary N) is 2. The summed E-state index contributed by atoms with van der Waals surface area (Å²) in [5.41, 5.74) is 2.31. The monoisotopic (exact) mass is 408 g/mol. The van der Waals surface area contributed by atoms with E-state index in [-0.39, 0.29) is 16.6 Å². The molecular formula is C21H17ClN4O3. The maximum atomic E-state index is 12.7. The van der Waals surface area contributed by atoms with Crippen LogP contribution in [0.4, 0.5) is 5.69 Å². The van der Waals surface area contributed by atoms with Gasteiger partial charge in [0.15, 0.2) is 0 Å². The third-order valence-corrected chi connectivity index (χ3v) is 4.90. The summed E-state index contributed by atoms with van der Waals surface area (Å²) in [6.45, 7) is 3.80. The van der Waals surface area contributed by atoms with Crippen LogP contribution in [-0.2, 0) is 0 Å². The van der Waals surface area contributed by atoms with Crippen LogP contribution in [0.2, 0.25) is 5.02 Å². The van der Waals surface area contributed by atoms with Gasteiger partial charge in [-0.3, -0.25) is 9.59 Å². The Morgan fingerprint density at radius 1 is 1.17 bits per heavy atom. The Kier molecular flexibility index (Phi) is 4.60. The molecule has 8 heteroatoms. The highest BCUT2D eigenvalue weighted by Gasteiger charge is 2.22. The Morgan fingerprint density at radius 2 is 1.90 bits per heavy atom. The van der Waals surface area contributed by atoms with Gasteiger partial charge < -0.3 is 15.4 Å². The second-order valence-electron chi connectivity index (χ2n) is 6.75. The van der Waals surface area contributed by atoms with Gasteiger partial charge in [0.2, 0.25) is 0 Å². The molecule has 29 heavy (non-hydrogen) atoms. The Balaban J connectivity index is 1.77. The zero-order valence-corrected chi connectivity index (χ0v) is 16.4. The van der Waals surface area contributed by atoms with E-state index >= 15 is 0 Å². The van der Waals surface area contributed by atoms with Crippen LogP contribution in [0.1, 0.15) is 21.5 Å². The molecule has 4 rings (SSSR count). The number of fused-ring (bicyclic) bond motifs is 1. The third kappa shape index (κ3) is 3.36. The summed E-state index contributed by atoms with van der Waals surface area (Å²) in [7, 11) is 0. The molecule has 7 nitrogen and oxygen atoms in total. The number of rotatable bonds is 3. The van der Waals surface area contributed by atoms with Crippen LogP contribution in [0.3, 0.4) is 0 Å². The van der Waals surface area contributed by atoms with Crippen molar-refractivity contribution in [2.24, 2.45) is 0 Å². The first kappa shape index (κ1) is 18.8. The molecule has 0 aliphatic carbocycles. The van der Waals surface area contributed by atoms with Crippen molar-refractivity contribution < 1.29 is 9.90 Å². The number of hydrogen-bond acceptors (Lipinski definition) is 4. The average molecular weight is 409 g/mol. The number of pyridine rings is 1. The number of halogens is 1. The molecule has 0 spiro atoms. The highest BCUT2D eigenvalue weighted by atomic mass is 35.5. The smallest absolute Gasteiger partial charge is 0.266 e. The predicted molar refractivity (Wildman–Crippen MR) is 112 cm³/mol. The van der Waals surface area contributed by atoms with Crippen molar-refractivity contribution in [2.45, 2.75) is 13.8 Å². The summed E-state index contributed by atoms with van der Waals surface area (Å²) < 4.78 is 1.46. The van der Waals surface area contributed by atoms with Crippen LogP contribution >= 0.6 is 11.6 Å². The van der Waals surface area contributed by atoms with Gasteiger partial charge in [0.05, 0.1) is 17.3 Å². The van der Waals surface area contributed by atoms with Crippen LogP contribution in [0.25, 0.3) is 16.7 Å². The highest BCUT2D eigenvalue weighted by molar-refractivity contribution is 6.30. The molecule has 0 fully saturated rings. The van der Waals surface area contributed by atoms with E-state index in [0.717, 1.165) is 11.1 Å². The third-order valence-electron chi connectivity index (χ3n) is 4.65. The summed E-state index contributed by atoms with van der Waals surface area (Å²) >= 11 is 5.91. The van der Waals surface area contributed by atoms with Crippen molar-refractivity contribution in [2.75, 3.05) is 5.32 Å². The molecule has 0 aliphatic rings. The maximum absolute atomic E-state index is 12.7. The molecule has 2 heterocycles. The molecule has 0 saturated carbocycles. The number of aromatic nitrogens is 3. The second kappa shape index (κ2) is 7.10. The van der Waals surface area contributed by atoms with Gasteiger partial charge in [-0.05, 0) is 49.7 Å². The molecule has 0 aliphatic heterocycles. The van der Waals surface area contributed by atoms with Crippen LogP contribution in [0.15, 0.2) is 53.5 Å². The van der Waals surface area contributed by atoms with E-state index in [1.807, 2.05) is 26.0 Å². The van der Waals surface area contributed by atoms with E-state index in [1.165, 1.54) is 10.9 Å². The summed E-state index contributed by atoms with van der Waals surface area (Å²) in [6.07, 6.45) is 1.39. The van der Waals surface area contributed by atoms with Crippen molar-refractivity contribution in [1.29, 1.82) is 0 Å². The fourth-order valence-corrected chi connectivity index (χ4v) is 3.31. The molecule has 146 valence electrons. The lowest BCUT2D eigenvalue weighted by Crippen LogP contribution is -2.24. The average Bonchev–Trinajstić information content (AvgIpc) is 3.08. The summed E-state index contributed by atoms with van der Waals surface area (Å²) in [5.74, 6) is -1.12. The fraction of sp³-hybridized carbons (Fsp3) is 0.0952. The molecule has 0 saturated heterocycles. The van der Waals surface area contributed by atoms with Gasteiger partial charge in [-0.25, -0.2) is 4.68 Å². The van der Waals surface area contributed by atoms with Gasteiger partial charge >= 0.3 is 0 Å². The van der Waals surface area contributed by atoms with Gasteiger partial charge in [0, 0.05) is 10.7 Å². The second-order valence-corrected chi connectivity index (χ2v) is 7.18. The van der Waals surface area contributed by atoms with Gasteiger partial charge in [-0.2, -0.15) is 5.10 Å². The number of benzene rings is 2. The minimum Gasteiger partial charge on any atom is -0.506 e. The van der Waals surface area contributed by atoms with E-state index in [2.05, 4.69) is 15.4 Å². The summed E-state index contributed by atoms with van der Waals surface area (Å²) in [5, 5.41) is 18.4.